The van der Waals surface area contributed by atoms with Crippen LogP contribution in [0.3, 0.4) is 0 Å². The molecule has 0 saturated heterocycles. The smallest absolute Gasteiger partial charge is 0.134 e. The van der Waals surface area contributed by atoms with E-state index >= 15 is 0 Å². The van der Waals surface area contributed by atoms with E-state index < -0.39 is 0 Å². The van der Waals surface area contributed by atoms with E-state index in [1.54, 1.807) is 12.1 Å². The molecule has 0 N–H and O–H groups in total. The molecule has 1 heterocycles. The van der Waals surface area contributed by atoms with Crippen molar-refractivity contribution in [3.63, 3.8) is 0 Å². The fraction of sp³-hybridized carbons (Fsp3) is 0.182. The quantitative estimate of drug-likeness (QED) is 0.574. The largest absolute Gasteiger partial charge is 0.344 e. The van der Waals surface area contributed by atoms with Crippen molar-refractivity contribution in [1.82, 2.24) is 4.90 Å². The third-order valence-corrected chi connectivity index (χ3v) is 4.41. The standard InChI is InChI=1S/C20H17ClFN.C2H6/c1-13-12-16(15-8-5-4-6-9-15)20(23(3)14(13)2)19-17(21)10-7-11-18(19)22;1-2/h4-12H,2H2,1,3H3;1-2H3. The lowest BCUT2D eigenvalue weighted by molar-refractivity contribution is 0.582. The van der Waals surface area contributed by atoms with Gasteiger partial charge in [0.25, 0.3) is 0 Å². The van der Waals surface area contributed by atoms with Crippen LogP contribution in [0.15, 0.2) is 72.5 Å². The molecule has 2 aromatic rings. The van der Waals surface area contributed by atoms with E-state index in [4.69, 9.17) is 11.6 Å². The van der Waals surface area contributed by atoms with Gasteiger partial charge in [-0.05, 0) is 36.3 Å². The van der Waals surface area contributed by atoms with Crippen LogP contribution in [0.4, 0.5) is 4.39 Å². The molecule has 3 rings (SSSR count). The van der Waals surface area contributed by atoms with Gasteiger partial charge in [0.2, 0.25) is 0 Å². The van der Waals surface area contributed by atoms with Crippen molar-refractivity contribution in [3.8, 4) is 0 Å². The van der Waals surface area contributed by atoms with Crippen molar-refractivity contribution in [1.29, 1.82) is 0 Å². The minimum absolute atomic E-state index is 0.339. The molecular formula is C22H23ClFN. The molecule has 0 fully saturated rings. The van der Waals surface area contributed by atoms with Crippen molar-refractivity contribution in [2.24, 2.45) is 0 Å². The number of likely N-dealkylation sites (N-methyl/N-ethyl adjacent to an activating group) is 1. The number of rotatable bonds is 2. The minimum atomic E-state index is -0.339. The molecule has 0 aliphatic carbocycles. The second kappa shape index (κ2) is 8.17. The SMILES string of the molecule is C=C1C(C)=CC(c2ccccc2)=C(c2c(F)cccc2Cl)N1C.CC. The molecule has 1 nitrogen and oxygen atoms in total. The highest BCUT2D eigenvalue weighted by Crippen LogP contribution is 2.41. The number of hydrogen-bond acceptors (Lipinski definition) is 1. The molecule has 1 aliphatic heterocycles. The average molecular weight is 356 g/mol. The van der Waals surface area contributed by atoms with Crippen molar-refractivity contribution < 1.29 is 4.39 Å². The van der Waals surface area contributed by atoms with Gasteiger partial charge >= 0.3 is 0 Å². The van der Waals surface area contributed by atoms with Gasteiger partial charge in [-0.1, -0.05) is 68.4 Å². The molecule has 0 bridgehead atoms. The van der Waals surface area contributed by atoms with Crippen LogP contribution in [0.1, 0.15) is 31.9 Å². The first-order valence-corrected chi connectivity index (χ1v) is 8.74. The fourth-order valence-electron chi connectivity index (χ4n) is 2.81. The van der Waals surface area contributed by atoms with Gasteiger partial charge < -0.3 is 4.90 Å². The molecule has 2 aromatic carbocycles. The zero-order valence-corrected chi connectivity index (χ0v) is 15.9. The van der Waals surface area contributed by atoms with E-state index in [-0.39, 0.29) is 5.82 Å². The van der Waals surface area contributed by atoms with E-state index in [1.165, 1.54) is 6.07 Å². The second-order valence-electron chi connectivity index (χ2n) is 5.56. The predicted molar refractivity (Wildman–Crippen MR) is 107 cm³/mol. The van der Waals surface area contributed by atoms with Gasteiger partial charge in [-0.3, -0.25) is 0 Å². The molecule has 1 aliphatic rings. The van der Waals surface area contributed by atoms with Crippen molar-refractivity contribution in [2.45, 2.75) is 20.8 Å². The normalized spacial score (nSPS) is 14.1. The van der Waals surface area contributed by atoms with Crippen LogP contribution in [0.2, 0.25) is 5.02 Å². The summed E-state index contributed by atoms with van der Waals surface area (Å²) in [6, 6.07) is 14.7. The highest BCUT2D eigenvalue weighted by atomic mass is 35.5. The van der Waals surface area contributed by atoms with Gasteiger partial charge in [0, 0.05) is 18.3 Å². The van der Waals surface area contributed by atoms with Crippen LogP contribution in [-0.2, 0) is 0 Å². The summed E-state index contributed by atoms with van der Waals surface area (Å²) in [6.45, 7) is 10.1. The van der Waals surface area contributed by atoms with Gasteiger partial charge in [-0.25, -0.2) is 4.39 Å². The maximum atomic E-state index is 14.5. The van der Waals surface area contributed by atoms with Gasteiger partial charge in [-0.2, -0.15) is 0 Å². The molecule has 0 atom stereocenters. The monoisotopic (exact) mass is 355 g/mol. The van der Waals surface area contributed by atoms with Gasteiger partial charge in [0.1, 0.15) is 5.82 Å². The zero-order chi connectivity index (χ0) is 18.6. The molecule has 0 spiro atoms. The number of halogens is 2. The third kappa shape index (κ3) is 3.69. The lowest BCUT2D eigenvalue weighted by Gasteiger charge is -2.32. The maximum Gasteiger partial charge on any atom is 0.134 e. The minimum Gasteiger partial charge on any atom is -0.344 e. The molecule has 0 unspecified atom stereocenters. The maximum absolute atomic E-state index is 14.5. The van der Waals surface area contributed by atoms with Crippen LogP contribution in [0.5, 0.6) is 0 Å². The lowest BCUT2D eigenvalue weighted by Crippen LogP contribution is -2.21. The van der Waals surface area contributed by atoms with E-state index in [1.807, 2.05) is 69.1 Å². The first-order valence-electron chi connectivity index (χ1n) is 8.36. The van der Waals surface area contributed by atoms with E-state index in [2.05, 4.69) is 6.58 Å². The van der Waals surface area contributed by atoms with Crippen LogP contribution in [0, 0.1) is 5.82 Å². The van der Waals surface area contributed by atoms with E-state index in [9.17, 15) is 4.39 Å². The summed E-state index contributed by atoms with van der Waals surface area (Å²) in [4.78, 5) is 1.90. The summed E-state index contributed by atoms with van der Waals surface area (Å²) in [5.41, 5.74) is 4.96. The Balaban J connectivity index is 0.00000109. The Morgan fingerprint density at radius 2 is 1.64 bits per heavy atom. The van der Waals surface area contributed by atoms with Crippen molar-refractivity contribution in [2.75, 3.05) is 7.05 Å². The molecule has 25 heavy (non-hydrogen) atoms. The van der Waals surface area contributed by atoms with Gasteiger partial charge in [0.05, 0.1) is 16.3 Å². The Labute approximate surface area is 154 Å². The van der Waals surface area contributed by atoms with Crippen LogP contribution >= 0.6 is 11.6 Å². The van der Waals surface area contributed by atoms with E-state index in [0.717, 1.165) is 28.1 Å². The zero-order valence-electron chi connectivity index (χ0n) is 15.1. The number of hydrogen-bond donors (Lipinski definition) is 0. The molecule has 0 aromatic heterocycles. The molecule has 3 heteroatoms. The van der Waals surface area contributed by atoms with Crippen LogP contribution in [0.25, 0.3) is 11.3 Å². The average Bonchev–Trinajstić information content (AvgIpc) is 2.63. The molecule has 0 radical (unpaired) electrons. The first-order chi connectivity index (χ1) is 12.0. The Morgan fingerprint density at radius 3 is 2.24 bits per heavy atom. The van der Waals surface area contributed by atoms with Crippen molar-refractivity contribution in [3.05, 3.63) is 94.4 Å². The molecular weight excluding hydrogens is 333 g/mol. The molecule has 130 valence electrons. The fourth-order valence-corrected chi connectivity index (χ4v) is 3.07. The first kappa shape index (κ1) is 19.0. The predicted octanol–water partition coefficient (Wildman–Crippen LogP) is 6.78. The Kier molecular flexibility index (Phi) is 6.22. The highest BCUT2D eigenvalue weighted by Gasteiger charge is 2.25. The summed E-state index contributed by atoms with van der Waals surface area (Å²) in [7, 11) is 1.89. The summed E-state index contributed by atoms with van der Waals surface area (Å²) in [5.74, 6) is -0.339. The second-order valence-corrected chi connectivity index (χ2v) is 5.97. The summed E-state index contributed by atoms with van der Waals surface area (Å²) < 4.78 is 14.5. The third-order valence-electron chi connectivity index (χ3n) is 4.10. The van der Waals surface area contributed by atoms with E-state index in [0.29, 0.717) is 10.6 Å². The molecule has 0 saturated carbocycles. The Bertz CT molecular complexity index is 814. The Hall–Kier alpha value is -2.32. The number of benzene rings is 2. The summed E-state index contributed by atoms with van der Waals surface area (Å²) in [5, 5.41) is 0.390. The summed E-state index contributed by atoms with van der Waals surface area (Å²) in [6.07, 6.45) is 2.04. The van der Waals surface area contributed by atoms with Gasteiger partial charge in [0.15, 0.2) is 0 Å². The molecule has 0 amide bonds. The topological polar surface area (TPSA) is 3.24 Å². The number of allylic oxidation sites excluding steroid dienone is 3. The number of nitrogens with zero attached hydrogens (tertiary/aromatic N) is 1. The Morgan fingerprint density at radius 1 is 1.00 bits per heavy atom. The highest BCUT2D eigenvalue weighted by molar-refractivity contribution is 6.32. The van der Waals surface area contributed by atoms with Gasteiger partial charge in [-0.15, -0.1) is 0 Å². The summed E-state index contributed by atoms with van der Waals surface area (Å²) >= 11 is 6.31. The van der Waals surface area contributed by atoms with Crippen LogP contribution < -0.4 is 0 Å². The lowest BCUT2D eigenvalue weighted by atomic mass is 9.92. The van der Waals surface area contributed by atoms with Crippen LogP contribution in [-0.4, -0.2) is 11.9 Å². The van der Waals surface area contributed by atoms with Crippen molar-refractivity contribution >= 4 is 22.9 Å².